The van der Waals surface area contributed by atoms with Gasteiger partial charge in [0.25, 0.3) is 0 Å². The molecule has 4 atom stereocenters. The molecule has 1 aliphatic heterocycles. The van der Waals surface area contributed by atoms with Gasteiger partial charge in [-0.2, -0.15) is 4.98 Å². The first kappa shape index (κ1) is 19.1. The largest absolute Gasteiger partial charge is 0.394 e. The van der Waals surface area contributed by atoms with Gasteiger partial charge >= 0.3 is 0 Å². The van der Waals surface area contributed by atoms with E-state index in [1.54, 1.807) is 12.5 Å². The van der Waals surface area contributed by atoms with Crippen LogP contribution in [0.3, 0.4) is 0 Å². The summed E-state index contributed by atoms with van der Waals surface area (Å²) in [5, 5.41) is 28.4. The summed E-state index contributed by atoms with van der Waals surface area (Å²) in [6.45, 7) is -0.384. The molecule has 0 spiro atoms. The highest BCUT2D eigenvalue weighted by atomic mass is 32.1. The third kappa shape index (κ3) is 4.01. The summed E-state index contributed by atoms with van der Waals surface area (Å²) in [6.07, 6.45) is 0.625. The van der Waals surface area contributed by atoms with Crippen LogP contribution in [0.25, 0.3) is 11.2 Å². The highest BCUT2D eigenvalue weighted by molar-refractivity contribution is 7.71. The van der Waals surface area contributed by atoms with Gasteiger partial charge in [0.1, 0.15) is 29.6 Å². The predicted molar refractivity (Wildman–Crippen MR) is 96.6 cm³/mol. The second kappa shape index (κ2) is 7.89. The number of ether oxygens (including phenoxy) is 1. The van der Waals surface area contributed by atoms with Gasteiger partial charge in [-0.3, -0.25) is 4.57 Å². The number of H-pyrrole nitrogens is 1. The molecule has 0 unspecified atom stereocenters. The van der Waals surface area contributed by atoms with Crippen LogP contribution in [0.5, 0.6) is 0 Å². The van der Waals surface area contributed by atoms with Crippen LogP contribution in [-0.2, 0) is 4.74 Å². The molecule has 0 aromatic carbocycles. The van der Waals surface area contributed by atoms with Crippen molar-refractivity contribution in [2.24, 2.45) is 0 Å². The molecule has 3 aromatic rings. The number of nitrogens with one attached hydrogen (secondary N) is 1. The third-order valence-electron chi connectivity index (χ3n) is 3.84. The molecular weight excluding hydrogens is 376 g/mol. The molecular formula is C14H18N8O4S. The number of rotatable bonds is 2. The zero-order valence-corrected chi connectivity index (χ0v) is 14.7. The minimum atomic E-state index is -1.18. The van der Waals surface area contributed by atoms with Crippen molar-refractivity contribution in [2.45, 2.75) is 24.5 Å². The first-order valence-electron chi connectivity index (χ1n) is 7.79. The smallest absolute Gasteiger partial charge is 0.222 e. The quantitative estimate of drug-likeness (QED) is 0.284. The number of nitrogen functional groups attached to an aromatic ring is 2. The average molecular weight is 394 g/mol. The van der Waals surface area contributed by atoms with Crippen molar-refractivity contribution in [1.29, 1.82) is 0 Å². The molecule has 8 N–H and O–H groups in total. The molecule has 1 fully saturated rings. The number of imidazole rings is 1. The fourth-order valence-corrected chi connectivity index (χ4v) is 2.75. The predicted octanol–water partition coefficient (Wildman–Crippen LogP) is -1.26. The second-order valence-corrected chi connectivity index (χ2v) is 6.00. The van der Waals surface area contributed by atoms with Crippen molar-refractivity contribution < 1.29 is 20.1 Å². The monoisotopic (exact) mass is 394 g/mol. The summed E-state index contributed by atoms with van der Waals surface area (Å²) in [4.78, 5) is 18.2. The lowest BCUT2D eigenvalue weighted by atomic mass is 10.1. The Labute approximate surface area is 157 Å². The Kier molecular flexibility index (Phi) is 5.57. The van der Waals surface area contributed by atoms with Crippen LogP contribution in [0, 0.1) is 4.77 Å². The number of anilines is 2. The number of nitrogens with two attached hydrogens (primary N) is 2. The normalized spacial score (nSPS) is 24.6. The lowest BCUT2D eigenvalue weighted by Crippen LogP contribution is -2.33. The molecule has 13 heteroatoms. The van der Waals surface area contributed by atoms with Gasteiger partial charge in [0.15, 0.2) is 11.9 Å². The fraction of sp³-hybridized carbons (Fsp3) is 0.357. The zero-order chi connectivity index (χ0) is 19.6. The first-order valence-corrected chi connectivity index (χ1v) is 8.20. The van der Waals surface area contributed by atoms with Crippen molar-refractivity contribution in [3.05, 3.63) is 29.6 Å². The van der Waals surface area contributed by atoms with E-state index in [1.807, 2.05) is 0 Å². The van der Waals surface area contributed by atoms with Crippen LogP contribution >= 0.6 is 12.2 Å². The minimum Gasteiger partial charge on any atom is -0.394 e. The van der Waals surface area contributed by atoms with E-state index >= 15 is 0 Å². The Morgan fingerprint density at radius 1 is 1.22 bits per heavy atom. The maximum atomic E-state index is 9.79. The molecule has 0 amide bonds. The topological polar surface area (TPSA) is 194 Å². The average Bonchev–Trinajstić information content (AvgIpc) is 3.21. The number of nitrogens with zero attached hydrogens (tertiary/aromatic N) is 5. The number of aromatic nitrogens is 6. The summed E-state index contributed by atoms with van der Waals surface area (Å²) in [5.74, 6) is 0.512. The number of fused-ring (bicyclic) bond motifs is 1. The molecule has 0 bridgehead atoms. The van der Waals surface area contributed by atoms with E-state index in [2.05, 4.69) is 24.9 Å². The van der Waals surface area contributed by atoms with Crippen molar-refractivity contribution in [3.63, 3.8) is 0 Å². The van der Waals surface area contributed by atoms with Gasteiger partial charge in [0.05, 0.1) is 19.1 Å². The summed E-state index contributed by atoms with van der Waals surface area (Å²) in [6, 6.07) is 1.50. The van der Waals surface area contributed by atoms with Crippen molar-refractivity contribution in [2.75, 3.05) is 18.1 Å². The molecule has 0 aliphatic carbocycles. The van der Waals surface area contributed by atoms with E-state index in [0.29, 0.717) is 5.65 Å². The number of aliphatic hydroxyl groups excluding tert-OH is 3. The third-order valence-corrected chi connectivity index (χ3v) is 4.14. The van der Waals surface area contributed by atoms with E-state index in [9.17, 15) is 10.2 Å². The van der Waals surface area contributed by atoms with Crippen LogP contribution in [-0.4, -0.2) is 69.7 Å². The van der Waals surface area contributed by atoms with Crippen LogP contribution in [0.1, 0.15) is 6.23 Å². The van der Waals surface area contributed by atoms with Crippen molar-refractivity contribution in [1.82, 2.24) is 29.5 Å². The standard InChI is InChI=1S/C9H13N3O4S.C5H5N5/c10-5-1-2-12(9(17)11-5)8-7(15)6(14)4(3-13)16-8;6-5-7-1-3-4(10-5)9-2-8-3/h1-2,4,6-8,13-15H,3H2,(H2,10,11,17);1-2H,(H3,6,7,8,9,10)/t4-,6-,7-,8-;/m1./s1. The molecule has 0 radical (unpaired) electrons. The van der Waals surface area contributed by atoms with Crippen LogP contribution in [0.2, 0.25) is 0 Å². The Balaban J connectivity index is 0.000000177. The highest BCUT2D eigenvalue weighted by Gasteiger charge is 2.43. The molecule has 1 aliphatic rings. The molecule has 0 saturated carbocycles. The summed E-state index contributed by atoms with van der Waals surface area (Å²) < 4.78 is 6.83. The Morgan fingerprint density at radius 3 is 2.67 bits per heavy atom. The first-order chi connectivity index (χ1) is 12.9. The molecule has 1 saturated heterocycles. The number of hydrogen-bond donors (Lipinski definition) is 6. The van der Waals surface area contributed by atoms with Gasteiger partial charge in [-0.05, 0) is 18.3 Å². The summed E-state index contributed by atoms with van der Waals surface area (Å²) >= 11 is 4.98. The van der Waals surface area contributed by atoms with E-state index in [0.717, 1.165) is 5.52 Å². The van der Waals surface area contributed by atoms with Gasteiger partial charge < -0.3 is 36.5 Å². The van der Waals surface area contributed by atoms with E-state index in [4.69, 9.17) is 33.5 Å². The number of aliphatic hydroxyl groups is 3. The van der Waals surface area contributed by atoms with E-state index in [-0.39, 0.29) is 23.1 Å². The van der Waals surface area contributed by atoms with Gasteiger partial charge in [-0.15, -0.1) is 0 Å². The van der Waals surface area contributed by atoms with Crippen LogP contribution in [0.15, 0.2) is 24.8 Å². The van der Waals surface area contributed by atoms with Crippen molar-refractivity contribution >= 4 is 35.1 Å². The van der Waals surface area contributed by atoms with Gasteiger partial charge in [0.2, 0.25) is 10.7 Å². The molecule has 4 heterocycles. The maximum absolute atomic E-state index is 9.79. The Bertz CT molecular complexity index is 979. The Hall–Kier alpha value is -2.71. The summed E-state index contributed by atoms with van der Waals surface area (Å²) in [5.41, 5.74) is 12.2. The molecule has 4 rings (SSSR count). The molecule has 3 aromatic heterocycles. The van der Waals surface area contributed by atoms with E-state index in [1.165, 1.54) is 16.8 Å². The molecule has 12 nitrogen and oxygen atoms in total. The lowest BCUT2D eigenvalue weighted by molar-refractivity contribution is -0.0540. The number of hydrogen-bond acceptors (Lipinski definition) is 11. The maximum Gasteiger partial charge on any atom is 0.222 e. The van der Waals surface area contributed by atoms with Gasteiger partial charge in [0, 0.05) is 6.20 Å². The minimum absolute atomic E-state index is 0.139. The van der Waals surface area contributed by atoms with Crippen LogP contribution < -0.4 is 11.5 Å². The fourth-order valence-electron chi connectivity index (χ4n) is 2.48. The highest BCUT2D eigenvalue weighted by Crippen LogP contribution is 2.29. The zero-order valence-electron chi connectivity index (χ0n) is 13.9. The SMILES string of the molecule is Nc1ccn([C@@H]2O[C@H](CO)[C@@H](O)[C@H]2O)c(=S)n1.Nc1ncc2[nH]cnc2n1. The van der Waals surface area contributed by atoms with Gasteiger partial charge in [-0.25, -0.2) is 15.0 Å². The van der Waals surface area contributed by atoms with Gasteiger partial charge in [-0.1, -0.05) is 0 Å². The number of aromatic amines is 1. The molecule has 144 valence electrons. The lowest BCUT2D eigenvalue weighted by Gasteiger charge is -2.18. The second-order valence-electron chi connectivity index (χ2n) is 5.64. The van der Waals surface area contributed by atoms with Crippen molar-refractivity contribution in [3.8, 4) is 0 Å². The summed E-state index contributed by atoms with van der Waals surface area (Å²) in [7, 11) is 0. The Morgan fingerprint density at radius 2 is 2.00 bits per heavy atom. The van der Waals surface area contributed by atoms with Crippen LogP contribution in [0.4, 0.5) is 11.8 Å². The molecule has 27 heavy (non-hydrogen) atoms. The van der Waals surface area contributed by atoms with E-state index < -0.39 is 24.5 Å².